The van der Waals surface area contributed by atoms with Crippen LogP contribution in [-0.2, 0) is 6.42 Å². The quantitative estimate of drug-likeness (QED) is 0.485. The first kappa shape index (κ1) is 11.4. The summed E-state index contributed by atoms with van der Waals surface area (Å²) in [5.74, 6) is 0. The second-order valence-corrected chi connectivity index (χ2v) is 4.68. The second-order valence-electron chi connectivity index (χ2n) is 4.68. The molecule has 0 fully saturated rings. The molecule has 0 saturated heterocycles. The zero-order valence-corrected chi connectivity index (χ0v) is 9.29. The fraction of sp³-hybridized carbons (Fsp3) is 0.538. The lowest BCUT2D eigenvalue weighted by Gasteiger charge is -2.17. The Hall–Kier alpha value is -0.715. The number of unbranched alkanes of at least 4 members (excludes halogenated alkanes) is 1. The lowest BCUT2D eigenvalue weighted by molar-refractivity contribution is 0.558. The molecule has 14 heavy (non-hydrogen) atoms. The van der Waals surface area contributed by atoms with Crippen LogP contribution in [0.5, 0.6) is 0 Å². The van der Waals surface area contributed by atoms with Crippen molar-refractivity contribution in [3.8, 4) is 0 Å². The van der Waals surface area contributed by atoms with Gasteiger partial charge in [0.2, 0.25) is 0 Å². The molecule has 0 saturated carbocycles. The molecular formula is C13H19B. The highest BCUT2D eigenvalue weighted by Crippen LogP contribution is 2.26. The summed E-state index contributed by atoms with van der Waals surface area (Å²) in [5.41, 5.74) is 1.43. The molecule has 1 rings (SSSR count). The van der Waals surface area contributed by atoms with Crippen molar-refractivity contribution in [2.75, 3.05) is 0 Å². The Morgan fingerprint density at radius 2 is 1.71 bits per heavy atom. The van der Waals surface area contributed by atoms with Gasteiger partial charge in [0.25, 0.3) is 0 Å². The summed E-state index contributed by atoms with van der Waals surface area (Å²) in [6.45, 7) is 4.19. The Morgan fingerprint density at radius 1 is 1.07 bits per heavy atom. The maximum Gasteiger partial charge on any atom is 0.0738 e. The van der Waals surface area contributed by atoms with Crippen molar-refractivity contribution in [3.05, 3.63) is 35.9 Å². The zero-order chi connectivity index (χ0) is 10.4. The molecule has 0 aromatic heterocycles. The fourth-order valence-electron chi connectivity index (χ4n) is 1.55. The molecule has 0 spiro atoms. The van der Waals surface area contributed by atoms with E-state index in [1.807, 2.05) is 0 Å². The number of aryl methyl sites for hydroxylation is 1. The molecule has 1 aromatic rings. The summed E-state index contributed by atoms with van der Waals surface area (Å²) in [7, 11) is 5.91. The van der Waals surface area contributed by atoms with Gasteiger partial charge in [0.1, 0.15) is 0 Å². The van der Waals surface area contributed by atoms with Gasteiger partial charge in [0, 0.05) is 0 Å². The first-order valence-electron chi connectivity index (χ1n) is 5.41. The molecular weight excluding hydrogens is 167 g/mol. The Morgan fingerprint density at radius 3 is 2.29 bits per heavy atom. The van der Waals surface area contributed by atoms with Crippen LogP contribution in [0.25, 0.3) is 0 Å². The molecule has 0 aliphatic rings. The Labute approximate surface area is 89.1 Å². The van der Waals surface area contributed by atoms with E-state index in [9.17, 15) is 0 Å². The van der Waals surface area contributed by atoms with Gasteiger partial charge >= 0.3 is 0 Å². The van der Waals surface area contributed by atoms with Gasteiger partial charge in [-0.15, -0.1) is 0 Å². The van der Waals surface area contributed by atoms with Gasteiger partial charge in [-0.05, 0) is 18.4 Å². The normalized spacial score (nSPS) is 11.6. The highest BCUT2D eigenvalue weighted by Gasteiger charge is 2.08. The van der Waals surface area contributed by atoms with Gasteiger partial charge in [0.15, 0.2) is 0 Å². The molecule has 74 valence electrons. The molecule has 2 radical (unpaired) electrons. The van der Waals surface area contributed by atoms with E-state index in [-0.39, 0.29) is 5.31 Å². The minimum atomic E-state index is -0.00329. The summed E-state index contributed by atoms with van der Waals surface area (Å²) >= 11 is 0. The van der Waals surface area contributed by atoms with Crippen molar-refractivity contribution in [1.82, 2.24) is 0 Å². The summed E-state index contributed by atoms with van der Waals surface area (Å²) in [6.07, 6.45) is 4.75. The van der Waals surface area contributed by atoms with Crippen LogP contribution in [0.2, 0.25) is 5.31 Å². The smallest absolute Gasteiger partial charge is 0.0716 e. The predicted molar refractivity (Wildman–Crippen MR) is 63.8 cm³/mol. The minimum Gasteiger partial charge on any atom is -0.0716 e. The summed E-state index contributed by atoms with van der Waals surface area (Å²) in [5, 5.41) is -0.00329. The SMILES string of the molecule is [B]C(C)(C)CCCCc1ccccc1. The Kier molecular flexibility index (Phi) is 4.25. The van der Waals surface area contributed by atoms with Gasteiger partial charge in [-0.2, -0.15) is 0 Å². The third-order valence-corrected chi connectivity index (χ3v) is 2.38. The number of hydrogen-bond acceptors (Lipinski definition) is 0. The third-order valence-electron chi connectivity index (χ3n) is 2.38. The van der Waals surface area contributed by atoms with E-state index in [1.165, 1.54) is 24.8 Å². The van der Waals surface area contributed by atoms with Crippen LogP contribution in [0.1, 0.15) is 38.7 Å². The lowest BCUT2D eigenvalue weighted by Crippen LogP contribution is -2.01. The van der Waals surface area contributed by atoms with Crippen LogP contribution in [0.15, 0.2) is 30.3 Å². The van der Waals surface area contributed by atoms with Crippen molar-refractivity contribution in [2.24, 2.45) is 0 Å². The van der Waals surface area contributed by atoms with E-state index in [0.717, 1.165) is 6.42 Å². The molecule has 0 aliphatic heterocycles. The molecule has 1 heteroatoms. The van der Waals surface area contributed by atoms with Gasteiger partial charge < -0.3 is 0 Å². The van der Waals surface area contributed by atoms with Crippen LogP contribution < -0.4 is 0 Å². The minimum absolute atomic E-state index is 0.00329. The maximum absolute atomic E-state index is 5.91. The van der Waals surface area contributed by atoms with Crippen LogP contribution in [0.3, 0.4) is 0 Å². The van der Waals surface area contributed by atoms with Crippen molar-refractivity contribution in [3.63, 3.8) is 0 Å². The highest BCUT2D eigenvalue weighted by molar-refractivity contribution is 6.14. The van der Waals surface area contributed by atoms with Crippen LogP contribution in [-0.4, -0.2) is 7.85 Å². The molecule has 1 aromatic carbocycles. The van der Waals surface area contributed by atoms with E-state index in [0.29, 0.717) is 0 Å². The van der Waals surface area contributed by atoms with E-state index in [4.69, 9.17) is 7.85 Å². The van der Waals surface area contributed by atoms with E-state index >= 15 is 0 Å². The summed E-state index contributed by atoms with van der Waals surface area (Å²) < 4.78 is 0. The van der Waals surface area contributed by atoms with Gasteiger partial charge in [-0.3, -0.25) is 0 Å². The van der Waals surface area contributed by atoms with Crippen molar-refractivity contribution >= 4 is 7.85 Å². The summed E-state index contributed by atoms with van der Waals surface area (Å²) in [4.78, 5) is 0. The number of hydrogen-bond donors (Lipinski definition) is 0. The largest absolute Gasteiger partial charge is 0.0738 e. The van der Waals surface area contributed by atoms with Crippen LogP contribution >= 0.6 is 0 Å². The average Bonchev–Trinajstić information content (AvgIpc) is 2.13. The molecule has 0 unspecified atom stereocenters. The molecule has 0 bridgehead atoms. The number of rotatable bonds is 5. The van der Waals surface area contributed by atoms with Crippen LogP contribution in [0, 0.1) is 0 Å². The zero-order valence-electron chi connectivity index (χ0n) is 9.29. The Bertz CT molecular complexity index is 246. The monoisotopic (exact) mass is 186 g/mol. The standard InChI is InChI=1S/C13H19B/c1-13(2,14)11-7-6-10-12-8-4-3-5-9-12/h3-5,8-9H,6-7,10-11H2,1-2H3. The van der Waals surface area contributed by atoms with E-state index < -0.39 is 0 Å². The summed E-state index contributed by atoms with van der Waals surface area (Å²) in [6, 6.07) is 10.6. The molecule has 0 amide bonds. The second kappa shape index (κ2) is 5.24. The highest BCUT2D eigenvalue weighted by atomic mass is 14.1. The molecule has 0 atom stereocenters. The maximum atomic E-state index is 5.91. The topological polar surface area (TPSA) is 0 Å². The van der Waals surface area contributed by atoms with Crippen LogP contribution in [0.4, 0.5) is 0 Å². The molecule has 0 nitrogen and oxygen atoms in total. The lowest BCUT2D eigenvalue weighted by atomic mass is 9.69. The van der Waals surface area contributed by atoms with E-state index in [2.05, 4.69) is 44.2 Å². The number of benzene rings is 1. The first-order chi connectivity index (χ1) is 6.58. The van der Waals surface area contributed by atoms with Crippen molar-refractivity contribution < 1.29 is 0 Å². The molecule has 0 heterocycles. The Balaban J connectivity index is 2.17. The predicted octanol–water partition coefficient (Wildman–Crippen LogP) is 3.77. The van der Waals surface area contributed by atoms with Crippen molar-refractivity contribution in [1.29, 1.82) is 0 Å². The van der Waals surface area contributed by atoms with Gasteiger partial charge in [-0.25, -0.2) is 0 Å². The van der Waals surface area contributed by atoms with Gasteiger partial charge in [0.05, 0.1) is 7.85 Å². The fourth-order valence-corrected chi connectivity index (χ4v) is 1.55. The molecule has 0 N–H and O–H groups in total. The van der Waals surface area contributed by atoms with E-state index in [1.54, 1.807) is 0 Å². The van der Waals surface area contributed by atoms with Crippen molar-refractivity contribution in [2.45, 2.75) is 44.8 Å². The first-order valence-corrected chi connectivity index (χ1v) is 5.41. The average molecular weight is 186 g/mol. The molecule has 0 aliphatic carbocycles. The van der Waals surface area contributed by atoms with Gasteiger partial charge in [-0.1, -0.05) is 62.3 Å². The third kappa shape index (κ3) is 5.11.